The molecule has 0 fully saturated rings. The van der Waals surface area contributed by atoms with Gasteiger partial charge in [0.15, 0.2) is 0 Å². The Kier molecular flexibility index (Phi) is 6.00. The number of amides is 1. The molecule has 0 spiro atoms. The summed E-state index contributed by atoms with van der Waals surface area (Å²) in [5, 5.41) is 2.84. The van der Waals surface area contributed by atoms with Gasteiger partial charge in [0.2, 0.25) is 0 Å². The van der Waals surface area contributed by atoms with Crippen molar-refractivity contribution < 1.29 is 9.53 Å². The van der Waals surface area contributed by atoms with Gasteiger partial charge in [-0.15, -0.1) is 0 Å². The zero-order valence-corrected chi connectivity index (χ0v) is 13.6. The first kappa shape index (κ1) is 16.8. The molecule has 0 saturated carbocycles. The molecule has 5 nitrogen and oxygen atoms in total. The summed E-state index contributed by atoms with van der Waals surface area (Å²) >= 11 is 0. The highest BCUT2D eigenvalue weighted by atomic mass is 16.5. The third-order valence-corrected chi connectivity index (χ3v) is 3.53. The Balaban J connectivity index is 2.18. The number of hydrogen-bond acceptors (Lipinski definition) is 4. The molecule has 0 bridgehead atoms. The molecule has 3 N–H and O–H groups in total. The van der Waals surface area contributed by atoms with Crippen LogP contribution in [-0.2, 0) is 11.3 Å². The third kappa shape index (κ3) is 4.72. The van der Waals surface area contributed by atoms with Crippen LogP contribution in [0.5, 0.6) is 0 Å². The maximum atomic E-state index is 12.4. The molecular weight excluding hydrogens is 290 g/mol. The van der Waals surface area contributed by atoms with Crippen LogP contribution in [-0.4, -0.2) is 33.2 Å². The molecule has 2 aromatic rings. The Labute approximate surface area is 137 Å². The number of nitrogens with zero attached hydrogens (tertiary/aromatic N) is 1. The molecular formula is C18H23N3O2. The third-order valence-electron chi connectivity index (χ3n) is 3.53. The minimum absolute atomic E-state index is 0.149. The quantitative estimate of drug-likeness (QED) is 0.608. The standard InChI is InChI=1S/C18H23N3O2/c1-21(13-14-6-4-3-5-7-14)17-9-8-15(19)12-16(17)18(22)20-10-11-23-2/h3-9,12H,10-11,13,19H2,1-2H3,(H,20,22). The molecule has 0 aliphatic carbocycles. The second-order valence-electron chi connectivity index (χ2n) is 5.37. The Bertz CT molecular complexity index is 644. The number of anilines is 2. The van der Waals surface area contributed by atoms with Crippen molar-refractivity contribution in [3.8, 4) is 0 Å². The van der Waals surface area contributed by atoms with Crippen molar-refractivity contribution in [2.45, 2.75) is 6.54 Å². The number of nitrogens with two attached hydrogens (primary N) is 1. The fourth-order valence-electron chi connectivity index (χ4n) is 2.37. The lowest BCUT2D eigenvalue weighted by Gasteiger charge is -2.22. The van der Waals surface area contributed by atoms with Crippen molar-refractivity contribution in [1.82, 2.24) is 5.32 Å². The zero-order chi connectivity index (χ0) is 16.7. The Morgan fingerprint density at radius 3 is 2.65 bits per heavy atom. The normalized spacial score (nSPS) is 10.3. The van der Waals surface area contributed by atoms with Crippen molar-refractivity contribution in [2.24, 2.45) is 0 Å². The molecule has 5 heteroatoms. The summed E-state index contributed by atoms with van der Waals surface area (Å²) in [5.41, 5.74) is 9.01. The van der Waals surface area contributed by atoms with E-state index in [1.807, 2.05) is 42.3 Å². The van der Waals surface area contributed by atoms with Crippen LogP contribution in [0.4, 0.5) is 11.4 Å². The Morgan fingerprint density at radius 2 is 1.96 bits per heavy atom. The van der Waals surface area contributed by atoms with Gasteiger partial charge in [0, 0.05) is 38.6 Å². The largest absolute Gasteiger partial charge is 0.399 e. The molecule has 1 amide bonds. The number of nitrogen functional groups attached to an aromatic ring is 1. The van der Waals surface area contributed by atoms with Crippen LogP contribution < -0.4 is 16.0 Å². The van der Waals surface area contributed by atoms with Gasteiger partial charge in [-0.3, -0.25) is 4.79 Å². The maximum absolute atomic E-state index is 12.4. The predicted molar refractivity (Wildman–Crippen MR) is 93.6 cm³/mol. The fraction of sp³-hybridized carbons (Fsp3) is 0.278. The van der Waals surface area contributed by atoms with E-state index in [4.69, 9.17) is 10.5 Å². The van der Waals surface area contributed by atoms with E-state index in [0.29, 0.717) is 30.9 Å². The minimum atomic E-state index is -0.149. The van der Waals surface area contributed by atoms with E-state index in [1.54, 1.807) is 13.2 Å². The summed E-state index contributed by atoms with van der Waals surface area (Å²) < 4.78 is 4.96. The minimum Gasteiger partial charge on any atom is -0.399 e. The van der Waals surface area contributed by atoms with Gasteiger partial charge in [-0.25, -0.2) is 0 Å². The Morgan fingerprint density at radius 1 is 1.22 bits per heavy atom. The van der Waals surface area contributed by atoms with E-state index < -0.39 is 0 Å². The second-order valence-corrected chi connectivity index (χ2v) is 5.37. The molecule has 0 saturated heterocycles. The summed E-state index contributed by atoms with van der Waals surface area (Å²) in [5.74, 6) is -0.149. The summed E-state index contributed by atoms with van der Waals surface area (Å²) in [6, 6.07) is 15.5. The lowest BCUT2D eigenvalue weighted by Crippen LogP contribution is -2.29. The molecule has 2 rings (SSSR count). The Hall–Kier alpha value is -2.53. The highest BCUT2D eigenvalue weighted by Crippen LogP contribution is 2.23. The van der Waals surface area contributed by atoms with Crippen molar-refractivity contribution >= 4 is 17.3 Å². The average molecular weight is 313 g/mol. The summed E-state index contributed by atoms with van der Waals surface area (Å²) in [7, 11) is 3.57. The number of hydrogen-bond donors (Lipinski definition) is 2. The van der Waals surface area contributed by atoms with Crippen LogP contribution in [0, 0.1) is 0 Å². The van der Waals surface area contributed by atoms with E-state index in [-0.39, 0.29) is 5.91 Å². The van der Waals surface area contributed by atoms with Gasteiger partial charge in [0.1, 0.15) is 0 Å². The van der Waals surface area contributed by atoms with Crippen LogP contribution in [0.3, 0.4) is 0 Å². The van der Waals surface area contributed by atoms with E-state index in [9.17, 15) is 4.79 Å². The first-order valence-corrected chi connectivity index (χ1v) is 7.53. The zero-order valence-electron chi connectivity index (χ0n) is 13.6. The van der Waals surface area contributed by atoms with Crippen LogP contribution >= 0.6 is 0 Å². The van der Waals surface area contributed by atoms with E-state index in [2.05, 4.69) is 17.4 Å². The number of benzene rings is 2. The fourth-order valence-corrected chi connectivity index (χ4v) is 2.37. The molecule has 0 aromatic heterocycles. The number of nitrogens with one attached hydrogen (secondary N) is 1. The van der Waals surface area contributed by atoms with Crippen LogP contribution in [0.15, 0.2) is 48.5 Å². The van der Waals surface area contributed by atoms with Crippen molar-refractivity contribution in [1.29, 1.82) is 0 Å². The summed E-state index contributed by atoms with van der Waals surface area (Å²) in [6.07, 6.45) is 0. The molecule has 0 heterocycles. The molecule has 0 unspecified atom stereocenters. The topological polar surface area (TPSA) is 67.6 Å². The van der Waals surface area contributed by atoms with E-state index in [0.717, 1.165) is 5.69 Å². The predicted octanol–water partition coefficient (Wildman–Crippen LogP) is 2.28. The first-order valence-electron chi connectivity index (χ1n) is 7.53. The number of carbonyl (C=O) groups is 1. The molecule has 0 radical (unpaired) electrons. The van der Waals surface area contributed by atoms with Gasteiger partial charge in [-0.05, 0) is 23.8 Å². The number of carbonyl (C=O) groups excluding carboxylic acids is 1. The van der Waals surface area contributed by atoms with Gasteiger partial charge in [0.05, 0.1) is 12.2 Å². The monoisotopic (exact) mass is 313 g/mol. The second kappa shape index (κ2) is 8.19. The summed E-state index contributed by atoms with van der Waals surface area (Å²) in [4.78, 5) is 14.4. The maximum Gasteiger partial charge on any atom is 0.253 e. The van der Waals surface area contributed by atoms with Crippen LogP contribution in [0.2, 0.25) is 0 Å². The molecule has 23 heavy (non-hydrogen) atoms. The molecule has 0 aliphatic heterocycles. The lowest BCUT2D eigenvalue weighted by molar-refractivity contribution is 0.0937. The van der Waals surface area contributed by atoms with Gasteiger partial charge in [-0.2, -0.15) is 0 Å². The highest BCUT2D eigenvalue weighted by Gasteiger charge is 2.15. The molecule has 122 valence electrons. The van der Waals surface area contributed by atoms with Crippen molar-refractivity contribution in [2.75, 3.05) is 37.9 Å². The number of ether oxygens (including phenoxy) is 1. The molecule has 0 atom stereocenters. The van der Waals surface area contributed by atoms with Gasteiger partial charge >= 0.3 is 0 Å². The molecule has 2 aromatic carbocycles. The van der Waals surface area contributed by atoms with Crippen LogP contribution in [0.1, 0.15) is 15.9 Å². The van der Waals surface area contributed by atoms with Crippen LogP contribution in [0.25, 0.3) is 0 Å². The van der Waals surface area contributed by atoms with E-state index >= 15 is 0 Å². The summed E-state index contributed by atoms with van der Waals surface area (Å²) in [6.45, 7) is 1.65. The number of methoxy groups -OCH3 is 1. The first-order chi connectivity index (χ1) is 11.1. The molecule has 0 aliphatic rings. The SMILES string of the molecule is COCCNC(=O)c1cc(N)ccc1N(C)Cc1ccccc1. The van der Waals surface area contributed by atoms with E-state index in [1.165, 1.54) is 5.56 Å². The number of rotatable bonds is 7. The van der Waals surface area contributed by atoms with Gasteiger partial charge in [0.25, 0.3) is 5.91 Å². The van der Waals surface area contributed by atoms with Crippen molar-refractivity contribution in [3.05, 3.63) is 59.7 Å². The van der Waals surface area contributed by atoms with Gasteiger partial charge in [-0.1, -0.05) is 30.3 Å². The van der Waals surface area contributed by atoms with Gasteiger partial charge < -0.3 is 20.7 Å². The van der Waals surface area contributed by atoms with Crippen molar-refractivity contribution in [3.63, 3.8) is 0 Å². The average Bonchev–Trinajstić information content (AvgIpc) is 2.55. The highest BCUT2D eigenvalue weighted by molar-refractivity contribution is 6.00. The lowest BCUT2D eigenvalue weighted by atomic mass is 10.1. The smallest absolute Gasteiger partial charge is 0.253 e.